The first-order valence-corrected chi connectivity index (χ1v) is 7.84. The summed E-state index contributed by atoms with van der Waals surface area (Å²) < 4.78 is 25.7. The zero-order valence-corrected chi connectivity index (χ0v) is 11.6. The van der Waals surface area contributed by atoms with Crippen LogP contribution in [0.3, 0.4) is 0 Å². The lowest BCUT2D eigenvalue weighted by molar-refractivity contribution is 0.412. The van der Waals surface area contributed by atoms with E-state index in [1.54, 1.807) is 0 Å². The van der Waals surface area contributed by atoms with Crippen LogP contribution >= 0.6 is 12.2 Å². The van der Waals surface area contributed by atoms with Crippen molar-refractivity contribution in [3.05, 3.63) is 35.4 Å². The van der Waals surface area contributed by atoms with E-state index in [9.17, 15) is 8.42 Å². The summed E-state index contributed by atoms with van der Waals surface area (Å²) in [5.74, 6) is -0.246. The lowest BCUT2D eigenvalue weighted by atomic mass is 10.0. The Hall–Kier alpha value is -0.980. The summed E-state index contributed by atoms with van der Waals surface area (Å²) in [4.78, 5) is 0.0209. The standard InChI is InChI=1S/C12H16N2O2S2/c13-12(17)9-18(15,16)14-7-3-6-10-4-1-2-5-11(10)8-14/h1-2,4-5H,3,6-9H2,(H2,13,17). The number of hydrogen-bond acceptors (Lipinski definition) is 3. The molecule has 0 aromatic heterocycles. The van der Waals surface area contributed by atoms with Crippen molar-refractivity contribution in [1.82, 2.24) is 4.31 Å². The van der Waals surface area contributed by atoms with Crippen molar-refractivity contribution in [3.63, 3.8) is 0 Å². The monoisotopic (exact) mass is 284 g/mol. The molecule has 0 spiro atoms. The third kappa shape index (κ3) is 3.07. The van der Waals surface area contributed by atoms with Gasteiger partial charge in [-0.15, -0.1) is 0 Å². The molecule has 2 N–H and O–H groups in total. The van der Waals surface area contributed by atoms with Crippen LogP contribution in [0.1, 0.15) is 17.5 Å². The van der Waals surface area contributed by atoms with Crippen molar-refractivity contribution in [2.24, 2.45) is 5.73 Å². The summed E-state index contributed by atoms with van der Waals surface area (Å²) in [5, 5.41) is 0. The van der Waals surface area contributed by atoms with Gasteiger partial charge in [-0.25, -0.2) is 8.42 Å². The zero-order chi connectivity index (χ0) is 13.2. The molecule has 1 aromatic carbocycles. The molecule has 1 heterocycles. The molecule has 0 atom stereocenters. The van der Waals surface area contributed by atoms with E-state index in [1.807, 2.05) is 18.2 Å². The number of aryl methyl sites for hydroxylation is 1. The lowest BCUT2D eigenvalue weighted by Gasteiger charge is -2.20. The molecule has 0 saturated heterocycles. The van der Waals surface area contributed by atoms with E-state index in [4.69, 9.17) is 18.0 Å². The van der Waals surface area contributed by atoms with Crippen LogP contribution in [0.25, 0.3) is 0 Å². The second-order valence-corrected chi connectivity index (χ2v) is 6.92. The molecule has 1 aromatic rings. The molecule has 6 heteroatoms. The largest absolute Gasteiger partial charge is 0.392 e. The van der Waals surface area contributed by atoms with Gasteiger partial charge in [-0.05, 0) is 24.0 Å². The normalized spacial score (nSPS) is 16.9. The van der Waals surface area contributed by atoms with Crippen molar-refractivity contribution in [2.75, 3.05) is 12.3 Å². The van der Waals surface area contributed by atoms with Gasteiger partial charge in [0.1, 0.15) is 5.75 Å². The molecule has 1 aliphatic heterocycles. The maximum atomic E-state index is 12.1. The van der Waals surface area contributed by atoms with Gasteiger partial charge in [0.2, 0.25) is 10.0 Å². The molecule has 0 aliphatic carbocycles. The maximum absolute atomic E-state index is 12.1. The Bertz CT molecular complexity index is 555. The fourth-order valence-electron chi connectivity index (χ4n) is 2.18. The average Bonchev–Trinajstić information content (AvgIpc) is 2.49. The number of nitrogens with two attached hydrogens (primary N) is 1. The highest BCUT2D eigenvalue weighted by atomic mass is 32.2. The van der Waals surface area contributed by atoms with E-state index in [0.717, 1.165) is 18.4 Å². The molecule has 0 fully saturated rings. The van der Waals surface area contributed by atoms with Crippen LogP contribution in [0.15, 0.2) is 24.3 Å². The first kappa shape index (κ1) is 13.5. The van der Waals surface area contributed by atoms with E-state index in [2.05, 4.69) is 6.07 Å². The molecule has 18 heavy (non-hydrogen) atoms. The molecule has 1 aliphatic rings. The third-order valence-electron chi connectivity index (χ3n) is 3.04. The molecule has 0 amide bonds. The van der Waals surface area contributed by atoms with Crippen LogP contribution in [0, 0.1) is 0 Å². The summed E-state index contributed by atoms with van der Waals surface area (Å²) in [5.41, 5.74) is 7.64. The Morgan fingerprint density at radius 1 is 1.33 bits per heavy atom. The molecular weight excluding hydrogens is 268 g/mol. The van der Waals surface area contributed by atoms with Gasteiger partial charge in [0.25, 0.3) is 0 Å². The Morgan fingerprint density at radius 3 is 2.67 bits per heavy atom. The minimum atomic E-state index is -3.38. The van der Waals surface area contributed by atoms with E-state index < -0.39 is 10.0 Å². The highest BCUT2D eigenvalue weighted by Crippen LogP contribution is 2.20. The van der Waals surface area contributed by atoms with Crippen molar-refractivity contribution >= 4 is 27.2 Å². The Kier molecular flexibility index (Phi) is 3.99. The quantitative estimate of drug-likeness (QED) is 0.843. The molecule has 0 saturated carbocycles. The third-order valence-corrected chi connectivity index (χ3v) is 5.14. The SMILES string of the molecule is NC(=S)CS(=O)(=O)N1CCCc2ccccc2C1. The highest BCUT2D eigenvalue weighted by molar-refractivity contribution is 7.92. The number of rotatable bonds is 3. The van der Waals surface area contributed by atoms with Crippen LogP contribution < -0.4 is 5.73 Å². The number of thiocarbonyl (C=S) groups is 1. The van der Waals surface area contributed by atoms with Crippen molar-refractivity contribution in [2.45, 2.75) is 19.4 Å². The summed E-state index contributed by atoms with van der Waals surface area (Å²) in [7, 11) is -3.38. The Morgan fingerprint density at radius 2 is 2.00 bits per heavy atom. The summed E-state index contributed by atoms with van der Waals surface area (Å²) in [6, 6.07) is 7.95. The van der Waals surface area contributed by atoms with Gasteiger partial charge in [0.05, 0.1) is 4.99 Å². The minimum absolute atomic E-state index is 0.0209. The molecule has 2 rings (SSSR count). The van der Waals surface area contributed by atoms with E-state index in [-0.39, 0.29) is 10.7 Å². The Balaban J connectivity index is 2.25. The number of benzene rings is 1. The van der Waals surface area contributed by atoms with Crippen LogP contribution in [-0.4, -0.2) is 30.0 Å². The molecule has 98 valence electrons. The van der Waals surface area contributed by atoms with Gasteiger partial charge in [0, 0.05) is 13.1 Å². The van der Waals surface area contributed by atoms with Crippen LogP contribution in [-0.2, 0) is 23.0 Å². The maximum Gasteiger partial charge on any atom is 0.220 e. The van der Waals surface area contributed by atoms with Gasteiger partial charge in [0.15, 0.2) is 0 Å². The van der Waals surface area contributed by atoms with Crippen LogP contribution in [0.5, 0.6) is 0 Å². The summed E-state index contributed by atoms with van der Waals surface area (Å²) in [6.45, 7) is 0.945. The van der Waals surface area contributed by atoms with E-state index in [1.165, 1.54) is 9.87 Å². The molecule has 0 unspecified atom stereocenters. The van der Waals surface area contributed by atoms with Gasteiger partial charge in [-0.2, -0.15) is 4.31 Å². The van der Waals surface area contributed by atoms with Crippen molar-refractivity contribution in [1.29, 1.82) is 0 Å². The first-order chi connectivity index (χ1) is 8.49. The average molecular weight is 284 g/mol. The predicted molar refractivity (Wildman–Crippen MR) is 75.7 cm³/mol. The smallest absolute Gasteiger partial charge is 0.220 e. The summed E-state index contributed by atoms with van der Waals surface area (Å²) >= 11 is 4.70. The second kappa shape index (κ2) is 5.34. The fourth-order valence-corrected chi connectivity index (χ4v) is 3.91. The van der Waals surface area contributed by atoms with Gasteiger partial charge in [-0.3, -0.25) is 0 Å². The van der Waals surface area contributed by atoms with Crippen LogP contribution in [0.4, 0.5) is 0 Å². The fraction of sp³-hybridized carbons (Fsp3) is 0.417. The first-order valence-electron chi connectivity index (χ1n) is 5.82. The predicted octanol–water partition coefficient (Wildman–Crippen LogP) is 1.05. The zero-order valence-electron chi connectivity index (χ0n) is 10.0. The second-order valence-electron chi connectivity index (χ2n) is 4.43. The molecule has 0 radical (unpaired) electrons. The van der Waals surface area contributed by atoms with E-state index in [0.29, 0.717) is 13.1 Å². The summed E-state index contributed by atoms with van der Waals surface area (Å²) in [6.07, 6.45) is 1.74. The van der Waals surface area contributed by atoms with Crippen LogP contribution in [0.2, 0.25) is 0 Å². The lowest BCUT2D eigenvalue weighted by Crippen LogP contribution is -2.36. The van der Waals surface area contributed by atoms with Crippen molar-refractivity contribution in [3.8, 4) is 0 Å². The van der Waals surface area contributed by atoms with Gasteiger partial charge < -0.3 is 5.73 Å². The van der Waals surface area contributed by atoms with E-state index >= 15 is 0 Å². The van der Waals surface area contributed by atoms with Crippen molar-refractivity contribution < 1.29 is 8.42 Å². The highest BCUT2D eigenvalue weighted by Gasteiger charge is 2.25. The number of sulfonamides is 1. The van der Waals surface area contributed by atoms with Gasteiger partial charge in [-0.1, -0.05) is 36.5 Å². The molecular formula is C12H16N2O2S2. The number of hydrogen-bond donors (Lipinski definition) is 1. The molecule has 0 bridgehead atoms. The topological polar surface area (TPSA) is 63.4 Å². The molecule has 4 nitrogen and oxygen atoms in total. The van der Waals surface area contributed by atoms with Gasteiger partial charge >= 0.3 is 0 Å². The number of fused-ring (bicyclic) bond motifs is 1. The Labute approximate surface area is 113 Å². The number of nitrogens with zero attached hydrogens (tertiary/aromatic N) is 1. The minimum Gasteiger partial charge on any atom is -0.392 e.